The van der Waals surface area contributed by atoms with Crippen molar-refractivity contribution in [2.24, 2.45) is 4.99 Å². The van der Waals surface area contributed by atoms with Gasteiger partial charge in [-0.15, -0.1) is 0 Å². The number of nitrogens with zero attached hydrogens (tertiary/aromatic N) is 1. The number of halogens is 1. The molecule has 1 heterocycles. The molecule has 5 nitrogen and oxygen atoms in total. The maximum absolute atomic E-state index is 6.24. The molecule has 1 aromatic rings. The van der Waals surface area contributed by atoms with Crippen molar-refractivity contribution < 1.29 is 9.47 Å². The minimum Gasteiger partial charge on any atom is -0.382 e. The van der Waals surface area contributed by atoms with Gasteiger partial charge in [0.05, 0.1) is 0 Å². The number of hydrogen-bond donors (Lipinski definition) is 2. The Morgan fingerprint density at radius 1 is 1.27 bits per heavy atom. The van der Waals surface area contributed by atoms with Crippen LogP contribution in [0.1, 0.15) is 38.2 Å². The van der Waals surface area contributed by atoms with E-state index in [1.165, 1.54) is 5.56 Å². The summed E-state index contributed by atoms with van der Waals surface area (Å²) in [5.74, 6) is 0.842. The fourth-order valence-electron chi connectivity index (χ4n) is 3.30. The van der Waals surface area contributed by atoms with Crippen molar-refractivity contribution in [1.82, 2.24) is 10.6 Å². The van der Waals surface area contributed by atoms with E-state index in [2.05, 4.69) is 27.8 Å². The number of guanidine groups is 1. The molecule has 0 aromatic heterocycles. The fourth-order valence-corrected chi connectivity index (χ4v) is 3.49. The molecule has 2 rings (SSSR count). The Balaban J connectivity index is 1.89. The normalized spacial score (nSPS) is 17.1. The minimum absolute atomic E-state index is 0.0235. The average molecular weight is 382 g/mol. The number of benzene rings is 1. The molecule has 0 unspecified atom stereocenters. The highest BCUT2D eigenvalue weighted by molar-refractivity contribution is 6.30. The molecule has 6 heteroatoms. The molecular weight excluding hydrogens is 350 g/mol. The molecular formula is C20H32ClN3O2. The minimum atomic E-state index is 0.0235. The fraction of sp³-hybridized carbons (Fsp3) is 0.650. The van der Waals surface area contributed by atoms with Crippen molar-refractivity contribution in [3.63, 3.8) is 0 Å². The predicted molar refractivity (Wildman–Crippen MR) is 108 cm³/mol. The first-order valence-corrected chi connectivity index (χ1v) is 9.94. The molecule has 26 heavy (non-hydrogen) atoms. The molecule has 2 N–H and O–H groups in total. The number of unbranched alkanes of at least 4 members (excludes halogenated alkanes) is 1. The molecule has 0 atom stereocenters. The summed E-state index contributed by atoms with van der Waals surface area (Å²) in [6, 6.07) is 8.20. The SMILES string of the molecule is CCOCCCCNC(=NC)NCC1(c2cccc(Cl)c2)CCOCC1. The lowest BCUT2D eigenvalue weighted by molar-refractivity contribution is 0.0514. The first-order valence-electron chi connectivity index (χ1n) is 9.56. The van der Waals surface area contributed by atoms with Crippen LogP contribution in [0.5, 0.6) is 0 Å². The van der Waals surface area contributed by atoms with Gasteiger partial charge < -0.3 is 20.1 Å². The van der Waals surface area contributed by atoms with Gasteiger partial charge in [0.25, 0.3) is 0 Å². The second-order valence-electron chi connectivity index (χ2n) is 6.66. The van der Waals surface area contributed by atoms with Crippen LogP contribution in [-0.4, -0.2) is 52.5 Å². The second kappa shape index (κ2) is 11.4. The van der Waals surface area contributed by atoms with Crippen LogP contribution < -0.4 is 10.6 Å². The lowest BCUT2D eigenvalue weighted by Crippen LogP contribution is -2.48. The zero-order chi connectivity index (χ0) is 18.7. The summed E-state index contributed by atoms with van der Waals surface area (Å²) in [5, 5.41) is 7.68. The van der Waals surface area contributed by atoms with E-state index >= 15 is 0 Å². The van der Waals surface area contributed by atoms with Crippen molar-refractivity contribution in [3.05, 3.63) is 34.9 Å². The summed E-state index contributed by atoms with van der Waals surface area (Å²) >= 11 is 6.24. The monoisotopic (exact) mass is 381 g/mol. The van der Waals surface area contributed by atoms with E-state index in [9.17, 15) is 0 Å². The third-order valence-electron chi connectivity index (χ3n) is 4.92. The Morgan fingerprint density at radius 3 is 2.77 bits per heavy atom. The van der Waals surface area contributed by atoms with E-state index in [-0.39, 0.29) is 5.41 Å². The van der Waals surface area contributed by atoms with Gasteiger partial charge in [0.2, 0.25) is 0 Å². The molecule has 0 radical (unpaired) electrons. The van der Waals surface area contributed by atoms with Crippen LogP contribution in [0.2, 0.25) is 5.02 Å². The Labute approximate surface area is 162 Å². The highest BCUT2D eigenvalue weighted by atomic mass is 35.5. The lowest BCUT2D eigenvalue weighted by Gasteiger charge is -2.38. The van der Waals surface area contributed by atoms with E-state index in [1.54, 1.807) is 0 Å². The molecule has 0 saturated carbocycles. The quantitative estimate of drug-likeness (QED) is 0.391. The zero-order valence-corrected chi connectivity index (χ0v) is 16.8. The summed E-state index contributed by atoms with van der Waals surface area (Å²) in [6.07, 6.45) is 4.08. The topological polar surface area (TPSA) is 54.9 Å². The van der Waals surface area contributed by atoms with E-state index < -0.39 is 0 Å². The van der Waals surface area contributed by atoms with Gasteiger partial charge in [0, 0.05) is 57.0 Å². The third kappa shape index (κ3) is 6.45. The van der Waals surface area contributed by atoms with Crippen molar-refractivity contribution in [1.29, 1.82) is 0 Å². The van der Waals surface area contributed by atoms with Crippen LogP contribution in [0.15, 0.2) is 29.3 Å². The van der Waals surface area contributed by atoms with Crippen molar-refractivity contribution >= 4 is 17.6 Å². The van der Waals surface area contributed by atoms with Gasteiger partial charge in [-0.25, -0.2) is 0 Å². The highest BCUT2D eigenvalue weighted by Crippen LogP contribution is 2.35. The third-order valence-corrected chi connectivity index (χ3v) is 5.15. The van der Waals surface area contributed by atoms with Crippen molar-refractivity contribution in [2.45, 2.75) is 38.0 Å². The molecule has 1 aromatic carbocycles. The summed E-state index contributed by atoms with van der Waals surface area (Å²) in [4.78, 5) is 4.35. The molecule has 0 spiro atoms. The van der Waals surface area contributed by atoms with Crippen LogP contribution in [-0.2, 0) is 14.9 Å². The molecule has 1 fully saturated rings. The second-order valence-corrected chi connectivity index (χ2v) is 7.10. The van der Waals surface area contributed by atoms with Gasteiger partial charge in [-0.2, -0.15) is 0 Å². The largest absolute Gasteiger partial charge is 0.382 e. The summed E-state index contributed by atoms with van der Waals surface area (Å²) in [5.41, 5.74) is 1.29. The van der Waals surface area contributed by atoms with Gasteiger partial charge in [0.1, 0.15) is 0 Å². The molecule has 0 aliphatic carbocycles. The highest BCUT2D eigenvalue weighted by Gasteiger charge is 2.34. The molecule has 1 saturated heterocycles. The van der Waals surface area contributed by atoms with Crippen LogP contribution in [0.4, 0.5) is 0 Å². The van der Waals surface area contributed by atoms with E-state index in [1.807, 2.05) is 26.1 Å². The number of hydrogen-bond acceptors (Lipinski definition) is 3. The van der Waals surface area contributed by atoms with Crippen molar-refractivity contribution in [3.8, 4) is 0 Å². The van der Waals surface area contributed by atoms with Gasteiger partial charge in [-0.1, -0.05) is 23.7 Å². The predicted octanol–water partition coefficient (Wildman–Crippen LogP) is 3.37. The standard InChI is InChI=1S/C20H32ClN3O2/c1-3-25-12-5-4-11-23-19(22-2)24-16-20(9-13-26-14-10-20)17-7-6-8-18(21)15-17/h6-8,15H,3-5,9-14,16H2,1-2H3,(H2,22,23,24). The Bertz CT molecular complexity index is 560. The smallest absolute Gasteiger partial charge is 0.191 e. The van der Waals surface area contributed by atoms with Crippen LogP contribution in [0.25, 0.3) is 0 Å². The van der Waals surface area contributed by atoms with Gasteiger partial charge in [-0.3, -0.25) is 4.99 Å². The van der Waals surface area contributed by atoms with Gasteiger partial charge in [-0.05, 0) is 50.3 Å². The van der Waals surface area contributed by atoms with Crippen LogP contribution >= 0.6 is 11.6 Å². The Morgan fingerprint density at radius 2 is 2.08 bits per heavy atom. The number of nitrogens with one attached hydrogen (secondary N) is 2. The average Bonchev–Trinajstić information content (AvgIpc) is 2.67. The molecule has 0 amide bonds. The number of rotatable bonds is 9. The molecule has 1 aliphatic heterocycles. The van der Waals surface area contributed by atoms with E-state index in [4.69, 9.17) is 21.1 Å². The first-order chi connectivity index (χ1) is 12.7. The number of ether oxygens (including phenoxy) is 2. The Hall–Kier alpha value is -1.30. The maximum atomic E-state index is 6.24. The van der Waals surface area contributed by atoms with Crippen LogP contribution in [0.3, 0.4) is 0 Å². The summed E-state index contributed by atoms with van der Waals surface area (Å²) in [6.45, 7) is 6.88. The molecule has 146 valence electrons. The van der Waals surface area contributed by atoms with Crippen LogP contribution in [0, 0.1) is 0 Å². The van der Waals surface area contributed by atoms with Crippen molar-refractivity contribution in [2.75, 3.05) is 46.6 Å². The van der Waals surface area contributed by atoms with Gasteiger partial charge in [0.15, 0.2) is 5.96 Å². The van der Waals surface area contributed by atoms with Gasteiger partial charge >= 0.3 is 0 Å². The van der Waals surface area contributed by atoms with E-state index in [0.717, 1.165) is 76.2 Å². The lowest BCUT2D eigenvalue weighted by atomic mass is 9.74. The Kier molecular flexibility index (Phi) is 9.23. The maximum Gasteiger partial charge on any atom is 0.191 e. The zero-order valence-electron chi connectivity index (χ0n) is 16.0. The molecule has 0 bridgehead atoms. The summed E-state index contributed by atoms with van der Waals surface area (Å²) < 4.78 is 11.0. The first kappa shape index (κ1) is 21.0. The summed E-state index contributed by atoms with van der Waals surface area (Å²) in [7, 11) is 1.81. The van der Waals surface area contributed by atoms with E-state index in [0.29, 0.717) is 0 Å². The number of aliphatic imine (C=N–C) groups is 1. The molecule has 1 aliphatic rings.